The molecule has 0 unspecified atom stereocenters. The van der Waals surface area contributed by atoms with E-state index >= 15 is 0 Å². The number of halogens is 3. The van der Waals surface area contributed by atoms with Gasteiger partial charge in [0.1, 0.15) is 6.61 Å². The molecule has 0 radical (unpaired) electrons. The topological polar surface area (TPSA) is 75.6 Å². The van der Waals surface area contributed by atoms with Crippen molar-refractivity contribution < 1.29 is 32.6 Å². The second-order valence-corrected chi connectivity index (χ2v) is 4.24. The van der Waals surface area contributed by atoms with Gasteiger partial charge < -0.3 is 15.2 Å². The molecule has 0 atom stereocenters. The van der Waals surface area contributed by atoms with E-state index in [-0.39, 0.29) is 19.4 Å². The third-order valence-corrected chi connectivity index (χ3v) is 2.31. The van der Waals surface area contributed by atoms with Gasteiger partial charge in [0.25, 0.3) is 0 Å². The Morgan fingerprint density at radius 1 is 1.29 bits per heavy atom. The molecular weight excluding hydrogens is 291 g/mol. The highest BCUT2D eigenvalue weighted by molar-refractivity contribution is 5.90. The first-order chi connectivity index (χ1) is 9.76. The number of carboxylic acid groups (broad SMARTS) is 1. The van der Waals surface area contributed by atoms with E-state index in [1.54, 1.807) is 18.2 Å². The van der Waals surface area contributed by atoms with Gasteiger partial charge in [-0.15, -0.1) is 0 Å². The van der Waals surface area contributed by atoms with Crippen LogP contribution in [0.3, 0.4) is 0 Å². The highest BCUT2D eigenvalue weighted by atomic mass is 19.4. The molecule has 0 saturated heterocycles. The lowest BCUT2D eigenvalue weighted by molar-refractivity contribution is -0.174. The molecule has 1 amide bonds. The van der Waals surface area contributed by atoms with Crippen molar-refractivity contribution in [3.05, 3.63) is 29.8 Å². The number of rotatable bonds is 7. The molecule has 0 bridgehead atoms. The number of carbonyl (C=O) groups excluding carboxylic acids is 1. The zero-order chi connectivity index (χ0) is 15.9. The number of alkyl halides is 3. The number of carboxylic acids is 1. The summed E-state index contributed by atoms with van der Waals surface area (Å²) in [5, 5.41) is 11.1. The molecule has 8 heteroatoms. The number of anilines is 1. The number of hydrogen-bond acceptors (Lipinski definition) is 3. The van der Waals surface area contributed by atoms with Crippen LogP contribution < -0.4 is 5.32 Å². The van der Waals surface area contributed by atoms with Gasteiger partial charge in [0.2, 0.25) is 5.91 Å². The summed E-state index contributed by atoms with van der Waals surface area (Å²) in [6.45, 7) is -1.74. The van der Waals surface area contributed by atoms with Crippen LogP contribution >= 0.6 is 0 Å². The summed E-state index contributed by atoms with van der Waals surface area (Å²) >= 11 is 0. The molecule has 0 heterocycles. The van der Waals surface area contributed by atoms with Crippen LogP contribution in [0.5, 0.6) is 0 Å². The average molecular weight is 305 g/mol. The van der Waals surface area contributed by atoms with E-state index in [2.05, 4.69) is 10.1 Å². The minimum absolute atomic E-state index is 0.182. The van der Waals surface area contributed by atoms with Crippen molar-refractivity contribution in [2.24, 2.45) is 0 Å². The molecule has 0 aliphatic carbocycles. The van der Waals surface area contributed by atoms with Gasteiger partial charge in [0.05, 0.1) is 19.4 Å². The Hall–Kier alpha value is -2.09. The van der Waals surface area contributed by atoms with E-state index < -0.39 is 24.7 Å². The Bertz CT molecular complexity index is 502. The Labute approximate surface area is 118 Å². The van der Waals surface area contributed by atoms with Gasteiger partial charge in [-0.2, -0.15) is 13.2 Å². The Kier molecular flexibility index (Phi) is 6.16. The van der Waals surface area contributed by atoms with Crippen molar-refractivity contribution >= 4 is 17.6 Å². The number of carbonyl (C=O) groups is 2. The average Bonchev–Trinajstić information content (AvgIpc) is 2.33. The lowest BCUT2D eigenvalue weighted by atomic mass is 10.1. The summed E-state index contributed by atoms with van der Waals surface area (Å²) in [5.41, 5.74) is 0.892. The minimum atomic E-state index is -4.42. The molecule has 0 saturated carbocycles. The third kappa shape index (κ3) is 7.93. The van der Waals surface area contributed by atoms with Crippen LogP contribution in [0.15, 0.2) is 24.3 Å². The van der Waals surface area contributed by atoms with Crippen LogP contribution in [0, 0.1) is 0 Å². The molecule has 0 spiro atoms. The third-order valence-electron chi connectivity index (χ3n) is 2.31. The fraction of sp³-hybridized carbons (Fsp3) is 0.385. The SMILES string of the molecule is O=C(O)Cc1cccc(NC(=O)CCOCC(F)(F)F)c1. The van der Waals surface area contributed by atoms with Crippen LogP contribution in [0.2, 0.25) is 0 Å². The van der Waals surface area contributed by atoms with Crippen LogP contribution in [-0.4, -0.2) is 36.4 Å². The van der Waals surface area contributed by atoms with Gasteiger partial charge in [0, 0.05) is 5.69 Å². The molecule has 5 nitrogen and oxygen atoms in total. The summed E-state index contributed by atoms with van der Waals surface area (Å²) in [5.74, 6) is -1.51. The van der Waals surface area contributed by atoms with Crippen molar-refractivity contribution in [1.29, 1.82) is 0 Å². The number of hydrogen-bond donors (Lipinski definition) is 2. The maximum absolute atomic E-state index is 11.8. The van der Waals surface area contributed by atoms with Crippen LogP contribution in [-0.2, 0) is 20.7 Å². The van der Waals surface area contributed by atoms with Crippen molar-refractivity contribution in [3.63, 3.8) is 0 Å². The summed E-state index contributed by atoms with van der Waals surface area (Å²) < 4.78 is 39.7. The fourth-order valence-electron chi connectivity index (χ4n) is 1.51. The molecule has 0 aliphatic heterocycles. The second kappa shape index (κ2) is 7.63. The molecule has 0 aliphatic rings. The lowest BCUT2D eigenvalue weighted by Crippen LogP contribution is -2.20. The quantitative estimate of drug-likeness (QED) is 0.757. The molecule has 0 fully saturated rings. The lowest BCUT2D eigenvalue weighted by Gasteiger charge is -2.08. The maximum atomic E-state index is 11.8. The van der Waals surface area contributed by atoms with Gasteiger partial charge in [0.15, 0.2) is 0 Å². The van der Waals surface area contributed by atoms with E-state index in [1.807, 2.05) is 0 Å². The van der Waals surface area contributed by atoms with Gasteiger partial charge >= 0.3 is 12.1 Å². The summed E-state index contributed by atoms with van der Waals surface area (Å²) in [7, 11) is 0. The van der Waals surface area contributed by atoms with Crippen LogP contribution in [0.4, 0.5) is 18.9 Å². The predicted molar refractivity (Wildman–Crippen MR) is 67.9 cm³/mol. The van der Waals surface area contributed by atoms with E-state index in [4.69, 9.17) is 5.11 Å². The Morgan fingerprint density at radius 2 is 2.00 bits per heavy atom. The monoisotopic (exact) mass is 305 g/mol. The molecule has 1 aromatic carbocycles. The first-order valence-electron chi connectivity index (χ1n) is 6.01. The highest BCUT2D eigenvalue weighted by Crippen LogP contribution is 2.15. The van der Waals surface area contributed by atoms with Crippen molar-refractivity contribution in [1.82, 2.24) is 0 Å². The molecule has 21 heavy (non-hydrogen) atoms. The van der Waals surface area contributed by atoms with Crippen molar-refractivity contribution in [2.45, 2.75) is 19.0 Å². The maximum Gasteiger partial charge on any atom is 0.411 e. The Balaban J connectivity index is 2.39. The summed E-state index contributed by atoms with van der Waals surface area (Å²) in [6, 6.07) is 6.21. The molecule has 2 N–H and O–H groups in total. The minimum Gasteiger partial charge on any atom is -0.481 e. The zero-order valence-electron chi connectivity index (χ0n) is 10.9. The summed E-state index contributed by atoms with van der Waals surface area (Å²) in [6.07, 6.45) is -4.82. The molecule has 0 aromatic heterocycles. The van der Waals surface area contributed by atoms with E-state index in [0.717, 1.165) is 0 Å². The molecular formula is C13H14F3NO4. The van der Waals surface area contributed by atoms with E-state index in [1.165, 1.54) is 6.07 Å². The second-order valence-electron chi connectivity index (χ2n) is 4.24. The smallest absolute Gasteiger partial charge is 0.411 e. The van der Waals surface area contributed by atoms with E-state index in [9.17, 15) is 22.8 Å². The van der Waals surface area contributed by atoms with Gasteiger partial charge in [-0.25, -0.2) is 0 Å². The number of aliphatic carboxylic acids is 1. The molecule has 1 rings (SSSR count). The standard InChI is InChI=1S/C13H14F3NO4/c14-13(15,16)8-21-5-4-11(18)17-10-3-1-2-9(6-10)7-12(19)20/h1-3,6H,4-5,7-8H2,(H,17,18)(H,19,20). The Morgan fingerprint density at radius 3 is 2.62 bits per heavy atom. The van der Waals surface area contributed by atoms with E-state index in [0.29, 0.717) is 11.3 Å². The first-order valence-corrected chi connectivity index (χ1v) is 6.01. The zero-order valence-corrected chi connectivity index (χ0v) is 10.9. The molecule has 1 aromatic rings. The van der Waals surface area contributed by atoms with Gasteiger partial charge in [-0.05, 0) is 17.7 Å². The van der Waals surface area contributed by atoms with Crippen LogP contribution in [0.25, 0.3) is 0 Å². The predicted octanol–water partition coefficient (Wildman–Crippen LogP) is 2.22. The fourth-order valence-corrected chi connectivity index (χ4v) is 1.51. The van der Waals surface area contributed by atoms with Gasteiger partial charge in [-0.3, -0.25) is 9.59 Å². The van der Waals surface area contributed by atoms with Gasteiger partial charge in [-0.1, -0.05) is 12.1 Å². The summed E-state index contributed by atoms with van der Waals surface area (Å²) in [4.78, 5) is 22.0. The number of nitrogens with one attached hydrogen (secondary N) is 1. The van der Waals surface area contributed by atoms with Crippen molar-refractivity contribution in [3.8, 4) is 0 Å². The van der Waals surface area contributed by atoms with Crippen LogP contribution in [0.1, 0.15) is 12.0 Å². The normalized spacial score (nSPS) is 11.2. The number of ether oxygens (including phenoxy) is 1. The molecule has 116 valence electrons. The largest absolute Gasteiger partial charge is 0.481 e. The van der Waals surface area contributed by atoms with Crippen molar-refractivity contribution in [2.75, 3.05) is 18.5 Å². The number of amides is 1. The number of benzene rings is 1. The first kappa shape index (κ1) is 17.0. The highest BCUT2D eigenvalue weighted by Gasteiger charge is 2.27.